The fraction of sp³-hybridized carbons (Fsp3) is 0.529. The van der Waals surface area contributed by atoms with Crippen LogP contribution in [0, 0.1) is 0 Å². The fourth-order valence-corrected chi connectivity index (χ4v) is 3.52. The molecular weight excluding hydrogens is 383 g/mol. The summed E-state index contributed by atoms with van der Waals surface area (Å²) in [6, 6.07) is 2.63. The summed E-state index contributed by atoms with van der Waals surface area (Å²) in [6.45, 7) is 2.04. The van der Waals surface area contributed by atoms with E-state index in [1.165, 1.54) is 12.1 Å². The first-order valence-electron chi connectivity index (χ1n) is 8.46. The summed E-state index contributed by atoms with van der Waals surface area (Å²) in [7, 11) is 0. The number of nitrogens with one attached hydrogen (secondary N) is 1. The highest BCUT2D eigenvalue weighted by Crippen LogP contribution is 2.31. The van der Waals surface area contributed by atoms with Crippen molar-refractivity contribution >= 4 is 35.2 Å². The molecule has 2 heterocycles. The smallest absolute Gasteiger partial charge is 0.410 e. The van der Waals surface area contributed by atoms with Crippen molar-refractivity contribution in [2.45, 2.75) is 31.4 Å². The van der Waals surface area contributed by atoms with Crippen molar-refractivity contribution in [3.05, 3.63) is 27.7 Å². The first-order valence-corrected chi connectivity index (χ1v) is 9.22. The first kappa shape index (κ1) is 19.1. The SMILES string of the molecule is O=C(NC1CCN(C(=O)OC2CCOC2)CC1)c1cc(Cl)cc(Cl)c1O. The van der Waals surface area contributed by atoms with Gasteiger partial charge in [0.15, 0.2) is 0 Å². The van der Waals surface area contributed by atoms with Crippen molar-refractivity contribution in [3.63, 3.8) is 0 Å². The molecule has 7 nitrogen and oxygen atoms in total. The van der Waals surface area contributed by atoms with Crippen LogP contribution < -0.4 is 5.32 Å². The van der Waals surface area contributed by atoms with Crippen LogP contribution in [0.1, 0.15) is 29.6 Å². The molecule has 1 aromatic carbocycles. The van der Waals surface area contributed by atoms with Gasteiger partial charge in [0.2, 0.25) is 0 Å². The fourth-order valence-electron chi connectivity index (χ4n) is 3.03. The molecule has 0 radical (unpaired) electrons. The van der Waals surface area contributed by atoms with Crippen LogP contribution in [0.4, 0.5) is 4.79 Å². The summed E-state index contributed by atoms with van der Waals surface area (Å²) in [5.41, 5.74) is 0.0329. The number of likely N-dealkylation sites (tertiary alicyclic amines) is 1. The van der Waals surface area contributed by atoms with Gasteiger partial charge in [-0.3, -0.25) is 4.79 Å². The van der Waals surface area contributed by atoms with E-state index in [1.807, 2.05) is 0 Å². The zero-order chi connectivity index (χ0) is 18.7. The summed E-state index contributed by atoms with van der Waals surface area (Å²) < 4.78 is 10.6. The molecule has 26 heavy (non-hydrogen) atoms. The van der Waals surface area contributed by atoms with Gasteiger partial charge in [-0.05, 0) is 25.0 Å². The van der Waals surface area contributed by atoms with Crippen LogP contribution in [0.15, 0.2) is 12.1 Å². The highest BCUT2D eigenvalue weighted by atomic mass is 35.5. The van der Waals surface area contributed by atoms with E-state index in [-0.39, 0.29) is 39.6 Å². The summed E-state index contributed by atoms with van der Waals surface area (Å²) >= 11 is 11.7. The summed E-state index contributed by atoms with van der Waals surface area (Å²) in [4.78, 5) is 26.1. The number of halogens is 2. The molecule has 2 saturated heterocycles. The van der Waals surface area contributed by atoms with Gasteiger partial charge in [-0.15, -0.1) is 0 Å². The van der Waals surface area contributed by atoms with Crippen LogP contribution in [-0.4, -0.2) is 60.5 Å². The second-order valence-electron chi connectivity index (χ2n) is 6.39. The molecule has 142 valence electrons. The van der Waals surface area contributed by atoms with Crippen LogP contribution in [0.2, 0.25) is 10.0 Å². The van der Waals surface area contributed by atoms with E-state index >= 15 is 0 Å². The Labute approximate surface area is 161 Å². The van der Waals surface area contributed by atoms with E-state index in [4.69, 9.17) is 32.7 Å². The number of carbonyl (C=O) groups excluding carboxylic acids is 2. The Morgan fingerprint density at radius 1 is 1.23 bits per heavy atom. The Balaban J connectivity index is 1.50. The normalized spacial score (nSPS) is 20.8. The van der Waals surface area contributed by atoms with E-state index < -0.39 is 5.91 Å². The zero-order valence-corrected chi connectivity index (χ0v) is 15.6. The van der Waals surface area contributed by atoms with E-state index in [0.717, 1.165) is 6.42 Å². The van der Waals surface area contributed by atoms with Crippen LogP contribution in [-0.2, 0) is 9.47 Å². The predicted octanol–water partition coefficient (Wildman–Crippen LogP) is 2.82. The molecule has 1 aromatic rings. The number of nitrogens with zero attached hydrogens (tertiary/aromatic N) is 1. The third-order valence-electron chi connectivity index (χ3n) is 4.52. The molecule has 2 aliphatic rings. The number of piperidine rings is 1. The van der Waals surface area contributed by atoms with E-state index in [0.29, 0.717) is 39.1 Å². The van der Waals surface area contributed by atoms with Crippen molar-refractivity contribution in [2.24, 2.45) is 0 Å². The number of ether oxygens (including phenoxy) is 2. The lowest BCUT2D eigenvalue weighted by Gasteiger charge is -2.32. The lowest BCUT2D eigenvalue weighted by atomic mass is 10.0. The first-order chi connectivity index (χ1) is 12.4. The number of amides is 2. The Hall–Kier alpha value is -1.70. The third kappa shape index (κ3) is 4.52. The van der Waals surface area contributed by atoms with Crippen LogP contribution in [0.3, 0.4) is 0 Å². The molecule has 2 N–H and O–H groups in total. The summed E-state index contributed by atoms with van der Waals surface area (Å²) in [5, 5.41) is 13.1. The lowest BCUT2D eigenvalue weighted by Crippen LogP contribution is -2.47. The van der Waals surface area contributed by atoms with Crippen molar-refractivity contribution in [1.29, 1.82) is 0 Å². The summed E-state index contributed by atoms with van der Waals surface area (Å²) in [5.74, 6) is -0.746. The zero-order valence-electron chi connectivity index (χ0n) is 14.0. The van der Waals surface area contributed by atoms with Crippen molar-refractivity contribution < 1.29 is 24.2 Å². The van der Waals surface area contributed by atoms with Gasteiger partial charge in [-0.25, -0.2) is 4.79 Å². The minimum absolute atomic E-state index is 0.0242. The average molecular weight is 403 g/mol. The maximum Gasteiger partial charge on any atom is 0.410 e. The van der Waals surface area contributed by atoms with Gasteiger partial charge in [0.25, 0.3) is 5.91 Å². The lowest BCUT2D eigenvalue weighted by molar-refractivity contribution is 0.0479. The minimum atomic E-state index is -0.448. The summed E-state index contributed by atoms with van der Waals surface area (Å²) in [6.07, 6.45) is 1.40. The molecular formula is C17H20Cl2N2O5. The second-order valence-corrected chi connectivity index (χ2v) is 7.23. The molecule has 2 aliphatic heterocycles. The average Bonchev–Trinajstić information content (AvgIpc) is 3.11. The second kappa shape index (κ2) is 8.33. The molecule has 1 atom stereocenters. The number of hydrogen-bond acceptors (Lipinski definition) is 5. The monoisotopic (exact) mass is 402 g/mol. The van der Waals surface area contributed by atoms with Crippen molar-refractivity contribution in [2.75, 3.05) is 26.3 Å². The van der Waals surface area contributed by atoms with Gasteiger partial charge in [0.1, 0.15) is 11.9 Å². The molecule has 2 fully saturated rings. The van der Waals surface area contributed by atoms with Gasteiger partial charge in [0.05, 0.1) is 23.8 Å². The molecule has 0 aromatic heterocycles. The quantitative estimate of drug-likeness (QED) is 0.811. The molecule has 9 heteroatoms. The maximum atomic E-state index is 12.4. The topological polar surface area (TPSA) is 88.1 Å². The van der Waals surface area contributed by atoms with Crippen LogP contribution >= 0.6 is 23.2 Å². The van der Waals surface area contributed by atoms with E-state index in [9.17, 15) is 14.7 Å². The molecule has 3 rings (SSSR count). The van der Waals surface area contributed by atoms with Crippen molar-refractivity contribution in [3.8, 4) is 5.75 Å². The number of rotatable bonds is 3. The Bertz CT molecular complexity index is 686. The largest absolute Gasteiger partial charge is 0.506 e. The number of carbonyl (C=O) groups is 2. The van der Waals surface area contributed by atoms with Crippen LogP contribution in [0.5, 0.6) is 5.75 Å². The van der Waals surface area contributed by atoms with Gasteiger partial charge in [-0.1, -0.05) is 23.2 Å². The third-order valence-corrected chi connectivity index (χ3v) is 5.02. The number of benzene rings is 1. The molecule has 0 spiro atoms. The van der Waals surface area contributed by atoms with E-state index in [1.54, 1.807) is 4.90 Å². The molecule has 0 saturated carbocycles. The highest BCUT2D eigenvalue weighted by Gasteiger charge is 2.28. The molecule has 0 aliphatic carbocycles. The molecule has 2 amide bonds. The Morgan fingerprint density at radius 3 is 2.62 bits per heavy atom. The number of phenolic OH excluding ortho intramolecular Hbond substituents is 1. The maximum absolute atomic E-state index is 12.4. The Kier molecular flexibility index (Phi) is 6.11. The van der Waals surface area contributed by atoms with E-state index in [2.05, 4.69) is 5.32 Å². The van der Waals surface area contributed by atoms with Gasteiger partial charge >= 0.3 is 6.09 Å². The number of phenols is 1. The van der Waals surface area contributed by atoms with Crippen molar-refractivity contribution in [1.82, 2.24) is 10.2 Å². The Morgan fingerprint density at radius 2 is 1.96 bits per heavy atom. The van der Waals surface area contributed by atoms with Gasteiger partial charge < -0.3 is 24.8 Å². The number of hydrogen-bond donors (Lipinski definition) is 2. The van der Waals surface area contributed by atoms with Gasteiger partial charge in [-0.2, -0.15) is 0 Å². The minimum Gasteiger partial charge on any atom is -0.506 e. The number of aromatic hydroxyl groups is 1. The van der Waals surface area contributed by atoms with Gasteiger partial charge in [0, 0.05) is 30.6 Å². The standard InChI is InChI=1S/C17H20Cl2N2O5/c18-10-7-13(15(22)14(19)8-10)16(23)20-11-1-4-21(5-2-11)17(24)26-12-3-6-25-9-12/h7-8,11-12,22H,1-6,9H2,(H,20,23). The van der Waals surface area contributed by atoms with Crippen LogP contribution in [0.25, 0.3) is 0 Å². The molecule has 1 unspecified atom stereocenters. The predicted molar refractivity (Wildman–Crippen MR) is 95.9 cm³/mol. The highest BCUT2D eigenvalue weighted by molar-refractivity contribution is 6.36. The molecule has 0 bridgehead atoms.